The average Bonchev–Trinajstić information content (AvgIpc) is 3.12. The summed E-state index contributed by atoms with van der Waals surface area (Å²) in [6.07, 6.45) is 0. The highest BCUT2D eigenvalue weighted by molar-refractivity contribution is 8.00. The van der Waals surface area contributed by atoms with Gasteiger partial charge in [0, 0.05) is 11.3 Å². The third kappa shape index (κ3) is 4.23. The van der Waals surface area contributed by atoms with Crippen LogP contribution in [-0.4, -0.2) is 33.7 Å². The summed E-state index contributed by atoms with van der Waals surface area (Å²) < 4.78 is 12.7. The van der Waals surface area contributed by atoms with Crippen molar-refractivity contribution in [3.05, 3.63) is 48.5 Å². The fraction of sp³-hybridized carbons (Fsp3) is 0.250. The Kier molecular flexibility index (Phi) is 5.99. The third-order valence-corrected chi connectivity index (χ3v) is 4.79. The quantitative estimate of drug-likeness (QED) is 0.568. The van der Waals surface area contributed by atoms with Gasteiger partial charge in [-0.1, -0.05) is 11.8 Å². The number of rotatable bonds is 7. The molecule has 3 rings (SSSR count). The maximum absolute atomic E-state index is 9.18. The van der Waals surface area contributed by atoms with Gasteiger partial charge in [0.2, 0.25) is 0 Å². The lowest BCUT2D eigenvalue weighted by Crippen LogP contribution is -2.02. The van der Waals surface area contributed by atoms with E-state index in [1.807, 2.05) is 66.9 Å². The van der Waals surface area contributed by atoms with E-state index < -0.39 is 0 Å². The van der Waals surface area contributed by atoms with Crippen molar-refractivity contribution >= 4 is 11.8 Å². The molecule has 1 heterocycles. The molecule has 0 aliphatic carbocycles. The van der Waals surface area contributed by atoms with E-state index in [2.05, 4.69) is 16.3 Å². The van der Waals surface area contributed by atoms with Gasteiger partial charge in [0.05, 0.1) is 25.0 Å². The van der Waals surface area contributed by atoms with Crippen LogP contribution in [0.3, 0.4) is 0 Å². The van der Waals surface area contributed by atoms with Crippen LogP contribution in [0.5, 0.6) is 11.5 Å². The normalized spacial score (nSPS) is 11.6. The van der Waals surface area contributed by atoms with Crippen LogP contribution < -0.4 is 9.47 Å². The Balaban J connectivity index is 2.06. The van der Waals surface area contributed by atoms with Gasteiger partial charge in [-0.25, -0.2) is 0 Å². The predicted molar refractivity (Wildman–Crippen MR) is 105 cm³/mol. The van der Waals surface area contributed by atoms with E-state index >= 15 is 0 Å². The molecule has 6 nitrogen and oxygen atoms in total. The van der Waals surface area contributed by atoms with Gasteiger partial charge < -0.3 is 9.47 Å². The molecule has 3 aromatic rings. The number of aromatic nitrogens is 3. The highest BCUT2D eigenvalue weighted by atomic mass is 32.2. The van der Waals surface area contributed by atoms with E-state index in [1.165, 1.54) is 11.8 Å². The summed E-state index contributed by atoms with van der Waals surface area (Å²) in [7, 11) is 1.63. The number of thioether (sulfide) groups is 1. The molecule has 0 N–H and O–H groups in total. The summed E-state index contributed by atoms with van der Waals surface area (Å²) in [4.78, 5) is 0. The summed E-state index contributed by atoms with van der Waals surface area (Å²) in [6.45, 7) is 4.41. The maximum atomic E-state index is 9.18. The number of benzene rings is 2. The number of nitrogens with zero attached hydrogens (tertiary/aromatic N) is 4. The van der Waals surface area contributed by atoms with E-state index in [9.17, 15) is 5.26 Å². The van der Waals surface area contributed by atoms with Crippen molar-refractivity contribution in [3.8, 4) is 34.6 Å². The van der Waals surface area contributed by atoms with E-state index in [-0.39, 0.29) is 5.25 Å². The minimum Gasteiger partial charge on any atom is -0.497 e. The van der Waals surface area contributed by atoms with Gasteiger partial charge in [-0.15, -0.1) is 10.2 Å². The van der Waals surface area contributed by atoms with Gasteiger partial charge in [-0.2, -0.15) is 5.26 Å². The van der Waals surface area contributed by atoms with Crippen LogP contribution >= 0.6 is 11.8 Å². The third-order valence-electron chi connectivity index (χ3n) is 3.85. The molecule has 0 aliphatic rings. The van der Waals surface area contributed by atoms with Crippen molar-refractivity contribution in [1.82, 2.24) is 14.8 Å². The summed E-state index contributed by atoms with van der Waals surface area (Å²) in [5.74, 6) is 2.29. The summed E-state index contributed by atoms with van der Waals surface area (Å²) in [6, 6.07) is 17.6. The molecule has 1 atom stereocenters. The minimum absolute atomic E-state index is 0.237. The van der Waals surface area contributed by atoms with Crippen LogP contribution in [0.4, 0.5) is 0 Å². The van der Waals surface area contributed by atoms with Crippen molar-refractivity contribution in [2.45, 2.75) is 24.3 Å². The molecule has 1 aromatic heterocycles. The molecular formula is C20H20N4O2S. The Bertz CT molecular complexity index is 930. The Morgan fingerprint density at radius 1 is 1.07 bits per heavy atom. The first-order chi connectivity index (χ1) is 13.2. The molecule has 7 heteroatoms. The molecular weight excluding hydrogens is 360 g/mol. The van der Waals surface area contributed by atoms with Crippen LogP contribution in [0.25, 0.3) is 17.1 Å². The van der Waals surface area contributed by atoms with Crippen LogP contribution in [0.15, 0.2) is 53.7 Å². The summed E-state index contributed by atoms with van der Waals surface area (Å²) >= 11 is 1.37. The second kappa shape index (κ2) is 8.60. The lowest BCUT2D eigenvalue weighted by molar-refractivity contribution is 0.340. The summed E-state index contributed by atoms with van der Waals surface area (Å²) in [5, 5.41) is 18.3. The highest BCUT2D eigenvalue weighted by Crippen LogP contribution is 2.31. The predicted octanol–water partition coefficient (Wildman–Crippen LogP) is 4.35. The van der Waals surface area contributed by atoms with Gasteiger partial charge in [-0.3, -0.25) is 4.57 Å². The van der Waals surface area contributed by atoms with Crippen molar-refractivity contribution in [2.75, 3.05) is 13.7 Å². The maximum Gasteiger partial charge on any atom is 0.197 e. The van der Waals surface area contributed by atoms with Crippen molar-refractivity contribution in [1.29, 1.82) is 5.26 Å². The Hall–Kier alpha value is -2.98. The number of hydrogen-bond donors (Lipinski definition) is 0. The van der Waals surface area contributed by atoms with Gasteiger partial charge in [-0.05, 0) is 62.4 Å². The van der Waals surface area contributed by atoms with Crippen LogP contribution in [0, 0.1) is 11.3 Å². The lowest BCUT2D eigenvalue weighted by Gasteiger charge is -2.12. The molecule has 27 heavy (non-hydrogen) atoms. The number of nitriles is 1. The van der Waals surface area contributed by atoms with E-state index in [4.69, 9.17) is 9.47 Å². The van der Waals surface area contributed by atoms with E-state index in [0.717, 1.165) is 22.7 Å². The fourth-order valence-electron chi connectivity index (χ4n) is 2.55. The molecule has 1 unspecified atom stereocenters. The molecule has 0 amide bonds. The number of hydrogen-bond acceptors (Lipinski definition) is 6. The zero-order valence-electron chi connectivity index (χ0n) is 15.4. The minimum atomic E-state index is -0.237. The van der Waals surface area contributed by atoms with Crippen LogP contribution in [0.1, 0.15) is 13.8 Å². The topological polar surface area (TPSA) is 73.0 Å². The second-order valence-electron chi connectivity index (χ2n) is 5.69. The average molecular weight is 380 g/mol. The largest absolute Gasteiger partial charge is 0.497 e. The van der Waals surface area contributed by atoms with Crippen molar-refractivity contribution in [2.24, 2.45) is 0 Å². The Labute approximate surface area is 162 Å². The van der Waals surface area contributed by atoms with Gasteiger partial charge >= 0.3 is 0 Å². The van der Waals surface area contributed by atoms with Crippen molar-refractivity contribution in [3.63, 3.8) is 0 Å². The first-order valence-corrected chi connectivity index (χ1v) is 9.43. The zero-order valence-corrected chi connectivity index (χ0v) is 16.2. The molecule has 0 spiro atoms. The number of ether oxygens (including phenoxy) is 2. The Morgan fingerprint density at radius 3 is 2.33 bits per heavy atom. The van der Waals surface area contributed by atoms with Crippen LogP contribution in [-0.2, 0) is 0 Å². The molecule has 0 fully saturated rings. The molecule has 2 aromatic carbocycles. The highest BCUT2D eigenvalue weighted by Gasteiger charge is 2.18. The second-order valence-corrected chi connectivity index (χ2v) is 6.99. The lowest BCUT2D eigenvalue weighted by atomic mass is 10.2. The van der Waals surface area contributed by atoms with Gasteiger partial charge in [0.1, 0.15) is 11.5 Å². The smallest absolute Gasteiger partial charge is 0.197 e. The molecule has 0 radical (unpaired) electrons. The van der Waals surface area contributed by atoms with Gasteiger partial charge in [0.25, 0.3) is 0 Å². The van der Waals surface area contributed by atoms with Crippen molar-refractivity contribution < 1.29 is 9.47 Å². The van der Waals surface area contributed by atoms with E-state index in [0.29, 0.717) is 17.6 Å². The first kappa shape index (κ1) is 18.8. The fourth-order valence-corrected chi connectivity index (χ4v) is 3.30. The standard InChI is InChI=1S/C20H20N4O2S/c1-4-26-18-11-7-16(8-12-18)24-19(15-5-9-17(25-3)10-6-15)22-23-20(24)27-14(2)13-21/h5-12,14H,4H2,1-3H3. The SMILES string of the molecule is CCOc1ccc(-n2c(SC(C)C#N)nnc2-c2ccc(OC)cc2)cc1. The number of methoxy groups -OCH3 is 1. The summed E-state index contributed by atoms with van der Waals surface area (Å²) in [5.41, 5.74) is 1.82. The Morgan fingerprint density at radius 2 is 1.74 bits per heavy atom. The molecule has 0 saturated carbocycles. The zero-order chi connectivity index (χ0) is 19.2. The monoisotopic (exact) mass is 380 g/mol. The molecule has 0 bridgehead atoms. The molecule has 138 valence electrons. The van der Waals surface area contributed by atoms with Gasteiger partial charge in [0.15, 0.2) is 11.0 Å². The molecule has 0 saturated heterocycles. The first-order valence-electron chi connectivity index (χ1n) is 8.55. The van der Waals surface area contributed by atoms with E-state index in [1.54, 1.807) is 7.11 Å². The molecule has 0 aliphatic heterocycles. The van der Waals surface area contributed by atoms with Crippen LogP contribution in [0.2, 0.25) is 0 Å².